The van der Waals surface area contributed by atoms with Gasteiger partial charge < -0.3 is 20.4 Å². The van der Waals surface area contributed by atoms with Gasteiger partial charge >= 0.3 is 6.18 Å². The highest BCUT2D eigenvalue weighted by molar-refractivity contribution is 7.89. The van der Waals surface area contributed by atoms with E-state index in [0.717, 1.165) is 38.3 Å². The summed E-state index contributed by atoms with van der Waals surface area (Å²) in [6, 6.07) is 7.95. The lowest BCUT2D eigenvalue weighted by molar-refractivity contribution is -0.137. The summed E-state index contributed by atoms with van der Waals surface area (Å²) in [4.78, 5) is 20.0. The first kappa shape index (κ1) is 28.1. The molecule has 3 aliphatic heterocycles. The smallest absolute Gasteiger partial charge is 0.354 e. The molecule has 0 bridgehead atoms. The summed E-state index contributed by atoms with van der Waals surface area (Å²) < 4.78 is 67.3. The molecule has 1 unspecified atom stereocenters. The first-order chi connectivity index (χ1) is 18.5. The minimum absolute atomic E-state index is 0.0159. The van der Waals surface area contributed by atoms with E-state index in [1.807, 2.05) is 0 Å². The lowest BCUT2D eigenvalue weighted by atomic mass is 10.0. The van der Waals surface area contributed by atoms with E-state index in [1.165, 1.54) is 16.4 Å². The molecule has 0 spiro atoms. The van der Waals surface area contributed by atoms with Crippen molar-refractivity contribution in [1.82, 2.24) is 19.9 Å². The minimum Gasteiger partial charge on any atom is -0.354 e. The third-order valence-corrected chi connectivity index (χ3v) is 9.50. The zero-order valence-corrected chi connectivity index (χ0v) is 22.7. The lowest BCUT2D eigenvalue weighted by Gasteiger charge is -2.35. The van der Waals surface area contributed by atoms with Gasteiger partial charge in [0.1, 0.15) is 11.0 Å². The maximum atomic E-state index is 13.3. The molecule has 0 radical (unpaired) electrons. The van der Waals surface area contributed by atoms with Crippen LogP contribution >= 0.6 is 11.6 Å². The lowest BCUT2D eigenvalue weighted by Crippen LogP contribution is -2.49. The number of nitrogens with zero attached hydrogens (tertiary/aromatic N) is 4. The van der Waals surface area contributed by atoms with E-state index in [0.29, 0.717) is 24.6 Å². The molecule has 2 N–H and O–H groups in total. The van der Waals surface area contributed by atoms with Crippen LogP contribution in [0.4, 0.5) is 24.7 Å². The van der Waals surface area contributed by atoms with Gasteiger partial charge in [-0.2, -0.15) is 17.5 Å². The van der Waals surface area contributed by atoms with Crippen molar-refractivity contribution in [2.24, 2.45) is 11.8 Å². The van der Waals surface area contributed by atoms with Crippen LogP contribution in [0.1, 0.15) is 12.0 Å². The predicted octanol–water partition coefficient (Wildman–Crippen LogP) is 2.43. The van der Waals surface area contributed by atoms with Crippen molar-refractivity contribution in [2.45, 2.75) is 17.5 Å². The van der Waals surface area contributed by atoms with Crippen LogP contribution in [0.5, 0.6) is 0 Å². The summed E-state index contributed by atoms with van der Waals surface area (Å²) in [5.41, 5.74) is -0.250. The van der Waals surface area contributed by atoms with E-state index in [1.54, 1.807) is 21.9 Å². The Morgan fingerprint density at radius 2 is 1.69 bits per heavy atom. The van der Waals surface area contributed by atoms with Crippen molar-refractivity contribution in [2.75, 3.05) is 68.7 Å². The largest absolute Gasteiger partial charge is 0.416 e. The van der Waals surface area contributed by atoms with Crippen molar-refractivity contribution in [3.05, 3.63) is 47.1 Å². The summed E-state index contributed by atoms with van der Waals surface area (Å²) in [6.07, 6.45) is -4.12. The number of sulfonamides is 1. The summed E-state index contributed by atoms with van der Waals surface area (Å²) in [5.74, 6) is 0.917. The van der Waals surface area contributed by atoms with E-state index < -0.39 is 21.8 Å². The van der Waals surface area contributed by atoms with E-state index in [4.69, 9.17) is 11.6 Å². The van der Waals surface area contributed by atoms with Crippen LogP contribution in [0.15, 0.2) is 41.3 Å². The molecule has 39 heavy (non-hydrogen) atoms. The molecular weight excluding hydrogens is 557 g/mol. The Bertz CT molecular complexity index is 1300. The molecule has 0 saturated carbocycles. The van der Waals surface area contributed by atoms with Gasteiger partial charge in [0, 0.05) is 71.0 Å². The van der Waals surface area contributed by atoms with Crippen molar-refractivity contribution in [3.8, 4) is 0 Å². The Balaban J connectivity index is 1.18. The standard InChI is InChI=1S/C25H30ClF3N6O3S/c26-22-10-19(25(27,28)29)11-23(32-22)33-5-7-34(8-6-33)39(37,38)21-3-1-20(2-4-21)35-16-17(9-24(35)36)12-30-13-18-14-31-15-18/h1-4,10-11,17-18,30-31H,5-9,12-16H2. The molecule has 5 rings (SSSR count). The maximum Gasteiger partial charge on any atom is 0.416 e. The summed E-state index contributed by atoms with van der Waals surface area (Å²) in [6.45, 7) is 4.81. The fraction of sp³-hybridized carbons (Fsp3) is 0.520. The third-order valence-electron chi connectivity index (χ3n) is 7.39. The zero-order valence-electron chi connectivity index (χ0n) is 21.1. The van der Waals surface area contributed by atoms with E-state index in [-0.39, 0.29) is 53.9 Å². The number of halogens is 4. The van der Waals surface area contributed by atoms with Crippen LogP contribution < -0.4 is 20.4 Å². The van der Waals surface area contributed by atoms with Crippen molar-refractivity contribution >= 4 is 39.0 Å². The topological polar surface area (TPSA) is 97.9 Å². The van der Waals surface area contributed by atoms with Gasteiger partial charge in [0.2, 0.25) is 15.9 Å². The number of nitrogens with one attached hydrogen (secondary N) is 2. The number of carbonyl (C=O) groups is 1. The number of aromatic nitrogens is 1. The highest BCUT2D eigenvalue weighted by Crippen LogP contribution is 2.33. The molecule has 2 aromatic rings. The Morgan fingerprint density at radius 3 is 2.31 bits per heavy atom. The number of amides is 1. The predicted molar refractivity (Wildman–Crippen MR) is 141 cm³/mol. The van der Waals surface area contributed by atoms with Gasteiger partial charge in [0.15, 0.2) is 0 Å². The van der Waals surface area contributed by atoms with Crippen LogP contribution in [0.2, 0.25) is 5.15 Å². The molecule has 3 fully saturated rings. The maximum absolute atomic E-state index is 13.3. The molecule has 1 aromatic carbocycles. The van der Waals surface area contributed by atoms with Gasteiger partial charge in [0.25, 0.3) is 0 Å². The molecule has 4 heterocycles. The Morgan fingerprint density at radius 1 is 1.03 bits per heavy atom. The monoisotopic (exact) mass is 586 g/mol. The van der Waals surface area contributed by atoms with Crippen LogP contribution in [0.25, 0.3) is 0 Å². The number of anilines is 2. The van der Waals surface area contributed by atoms with Gasteiger partial charge in [-0.25, -0.2) is 13.4 Å². The highest BCUT2D eigenvalue weighted by Gasteiger charge is 2.34. The van der Waals surface area contributed by atoms with E-state index >= 15 is 0 Å². The van der Waals surface area contributed by atoms with Gasteiger partial charge in [-0.3, -0.25) is 4.79 Å². The summed E-state index contributed by atoms with van der Waals surface area (Å²) >= 11 is 5.80. The molecule has 3 aliphatic rings. The van der Waals surface area contributed by atoms with Crippen molar-refractivity contribution in [1.29, 1.82) is 0 Å². The first-order valence-corrected chi connectivity index (χ1v) is 14.6. The Kier molecular flexibility index (Phi) is 8.07. The number of piperazine rings is 1. The number of hydrogen-bond acceptors (Lipinski definition) is 7. The molecule has 1 atom stereocenters. The quantitative estimate of drug-likeness (QED) is 0.459. The number of hydrogen-bond donors (Lipinski definition) is 2. The summed E-state index contributed by atoms with van der Waals surface area (Å²) in [5, 5.41) is 6.40. The highest BCUT2D eigenvalue weighted by atomic mass is 35.5. The van der Waals surface area contributed by atoms with Gasteiger partial charge in [-0.15, -0.1) is 0 Å². The van der Waals surface area contributed by atoms with Crippen LogP contribution in [0, 0.1) is 11.8 Å². The molecule has 212 valence electrons. The average Bonchev–Trinajstić information content (AvgIpc) is 3.25. The molecular formula is C25H30ClF3N6O3S. The van der Waals surface area contributed by atoms with Crippen LogP contribution in [0.3, 0.4) is 0 Å². The molecule has 14 heteroatoms. The first-order valence-electron chi connectivity index (χ1n) is 12.8. The zero-order chi connectivity index (χ0) is 27.8. The molecule has 1 amide bonds. The number of alkyl halides is 3. The Labute approximate surface area is 230 Å². The second kappa shape index (κ2) is 11.2. The number of pyridine rings is 1. The van der Waals surface area contributed by atoms with Gasteiger partial charge in [0.05, 0.1) is 10.5 Å². The second-order valence-corrected chi connectivity index (χ2v) is 12.5. The van der Waals surface area contributed by atoms with Crippen LogP contribution in [-0.2, 0) is 21.0 Å². The summed E-state index contributed by atoms with van der Waals surface area (Å²) in [7, 11) is -3.83. The molecule has 9 nitrogen and oxygen atoms in total. The fourth-order valence-electron chi connectivity index (χ4n) is 5.07. The SMILES string of the molecule is O=C1CC(CNCC2CNC2)CN1c1ccc(S(=O)(=O)N2CCN(c3cc(C(F)(F)F)cc(Cl)n3)CC2)cc1. The Hall–Kier alpha value is -2.45. The molecule has 1 aromatic heterocycles. The van der Waals surface area contributed by atoms with E-state index in [2.05, 4.69) is 15.6 Å². The van der Waals surface area contributed by atoms with Crippen molar-refractivity contribution in [3.63, 3.8) is 0 Å². The van der Waals surface area contributed by atoms with Gasteiger partial charge in [-0.1, -0.05) is 11.6 Å². The van der Waals surface area contributed by atoms with Crippen molar-refractivity contribution < 1.29 is 26.4 Å². The second-order valence-electron chi connectivity index (χ2n) is 10.2. The normalized spacial score (nSPS) is 21.4. The number of carbonyl (C=O) groups excluding carboxylic acids is 1. The van der Waals surface area contributed by atoms with Crippen LogP contribution in [-0.4, -0.2) is 82.5 Å². The fourth-order valence-corrected chi connectivity index (χ4v) is 6.69. The average molecular weight is 587 g/mol. The van der Waals surface area contributed by atoms with Gasteiger partial charge in [-0.05, 0) is 48.2 Å². The number of benzene rings is 1. The third kappa shape index (κ3) is 6.32. The van der Waals surface area contributed by atoms with E-state index in [9.17, 15) is 26.4 Å². The molecule has 0 aliphatic carbocycles. The molecule has 3 saturated heterocycles. The number of rotatable bonds is 8. The minimum atomic E-state index is -4.57.